The second-order valence-electron chi connectivity index (χ2n) is 4.14. The Kier molecular flexibility index (Phi) is 6.23. The van der Waals surface area contributed by atoms with Crippen LogP contribution in [0.4, 0.5) is 13.2 Å². The smallest absolute Gasteiger partial charge is 0.416 e. The van der Waals surface area contributed by atoms with Crippen LogP contribution in [0.3, 0.4) is 0 Å². The van der Waals surface area contributed by atoms with Gasteiger partial charge < -0.3 is 15.2 Å². The van der Waals surface area contributed by atoms with Crippen LogP contribution in [0, 0.1) is 0 Å². The highest BCUT2D eigenvalue weighted by Gasteiger charge is 2.37. The van der Waals surface area contributed by atoms with E-state index in [2.05, 4.69) is 0 Å². The summed E-state index contributed by atoms with van der Waals surface area (Å²) < 4.78 is 41.3. The van der Waals surface area contributed by atoms with E-state index in [1.807, 2.05) is 12.2 Å². The minimum Gasteiger partial charge on any atom is -0.494 e. The Morgan fingerprint density at radius 3 is 2.52 bits per heavy atom. The first-order valence-corrected chi connectivity index (χ1v) is 6.26. The van der Waals surface area contributed by atoms with Gasteiger partial charge in [0.05, 0.1) is 13.2 Å². The minimum absolute atomic E-state index is 0.541. The molecule has 116 valence electrons. The lowest BCUT2D eigenvalue weighted by molar-refractivity contribution is -0.201. The number of halogens is 3. The Labute approximate surface area is 120 Å². The molecule has 1 atom stereocenters. The number of hydrogen-bond acceptors (Lipinski definition) is 3. The average Bonchev–Trinajstić information content (AvgIpc) is 2.43. The molecule has 2 N–H and O–H groups in total. The van der Waals surface area contributed by atoms with Crippen molar-refractivity contribution in [1.82, 2.24) is 5.32 Å². The first-order valence-electron chi connectivity index (χ1n) is 6.26. The van der Waals surface area contributed by atoms with Gasteiger partial charge in [-0.15, -0.1) is 0 Å². The quantitative estimate of drug-likeness (QED) is 0.792. The molecule has 1 rings (SSSR count). The normalized spacial score (nSPS) is 13.2. The van der Waals surface area contributed by atoms with Gasteiger partial charge in [0.1, 0.15) is 5.75 Å². The van der Waals surface area contributed by atoms with Crippen molar-refractivity contribution in [1.29, 1.82) is 0 Å². The molecule has 4 nitrogen and oxygen atoms in total. The fourth-order valence-corrected chi connectivity index (χ4v) is 1.39. The topological polar surface area (TPSA) is 58.6 Å². The zero-order chi connectivity index (χ0) is 15.9. The van der Waals surface area contributed by atoms with Crippen LogP contribution in [0.2, 0.25) is 0 Å². The number of aliphatic hydroxyl groups is 1. The van der Waals surface area contributed by atoms with E-state index in [9.17, 15) is 18.0 Å². The molecular formula is C14H16F3NO3. The van der Waals surface area contributed by atoms with Crippen molar-refractivity contribution in [3.8, 4) is 5.75 Å². The molecule has 0 aliphatic carbocycles. The van der Waals surface area contributed by atoms with E-state index in [1.165, 1.54) is 6.08 Å². The fraction of sp³-hybridized carbons (Fsp3) is 0.357. The van der Waals surface area contributed by atoms with Crippen molar-refractivity contribution < 1.29 is 27.8 Å². The number of nitrogens with one attached hydrogen (secondary N) is 1. The van der Waals surface area contributed by atoms with Gasteiger partial charge in [0.15, 0.2) is 6.10 Å². The van der Waals surface area contributed by atoms with E-state index in [-0.39, 0.29) is 0 Å². The third-order valence-electron chi connectivity index (χ3n) is 2.47. The van der Waals surface area contributed by atoms with Gasteiger partial charge in [-0.25, -0.2) is 0 Å². The maximum absolute atomic E-state index is 12.0. The van der Waals surface area contributed by atoms with Crippen molar-refractivity contribution in [3.63, 3.8) is 0 Å². The predicted octanol–water partition coefficient (Wildman–Crippen LogP) is 2.14. The maximum Gasteiger partial charge on any atom is 0.416 e. The molecule has 0 saturated carbocycles. The summed E-state index contributed by atoms with van der Waals surface area (Å²) in [5.74, 6) is -0.0282. The summed E-state index contributed by atoms with van der Waals surface area (Å²) in [4.78, 5) is 11.3. The van der Waals surface area contributed by atoms with Gasteiger partial charge in [0.25, 0.3) is 0 Å². The lowest BCUT2D eigenvalue weighted by Crippen LogP contribution is -2.40. The first-order chi connectivity index (χ1) is 9.82. The largest absolute Gasteiger partial charge is 0.494 e. The van der Waals surface area contributed by atoms with E-state index in [0.717, 1.165) is 6.08 Å². The van der Waals surface area contributed by atoms with Gasteiger partial charge >= 0.3 is 6.18 Å². The average molecular weight is 303 g/mol. The highest BCUT2D eigenvalue weighted by Crippen LogP contribution is 2.19. The molecule has 0 spiro atoms. The van der Waals surface area contributed by atoms with Gasteiger partial charge in [-0.3, -0.25) is 4.79 Å². The predicted molar refractivity (Wildman–Crippen MR) is 71.7 cm³/mol. The van der Waals surface area contributed by atoms with Gasteiger partial charge in [-0.2, -0.15) is 13.2 Å². The molecule has 7 heteroatoms. The minimum atomic E-state index is -4.74. The molecule has 0 aliphatic heterocycles. The van der Waals surface area contributed by atoms with E-state index in [1.54, 1.807) is 24.3 Å². The number of rotatable bonds is 6. The van der Waals surface area contributed by atoms with E-state index < -0.39 is 24.7 Å². The molecule has 1 amide bonds. The van der Waals surface area contributed by atoms with Gasteiger partial charge in [0.2, 0.25) is 5.91 Å². The SMILES string of the molecule is CCOc1ccc(/C=C/C(=O)NCC(O)C(F)(F)F)cc1. The summed E-state index contributed by atoms with van der Waals surface area (Å²) >= 11 is 0. The monoisotopic (exact) mass is 303 g/mol. The molecule has 1 aromatic rings. The Bertz CT molecular complexity index is 483. The van der Waals surface area contributed by atoms with Crippen LogP contribution in [-0.2, 0) is 4.79 Å². The highest BCUT2D eigenvalue weighted by molar-refractivity contribution is 5.91. The molecule has 0 aliphatic rings. The Morgan fingerprint density at radius 2 is 2.00 bits per heavy atom. The summed E-state index contributed by atoms with van der Waals surface area (Å²) in [5, 5.41) is 10.7. The number of ether oxygens (including phenoxy) is 1. The lowest BCUT2D eigenvalue weighted by Gasteiger charge is -2.14. The maximum atomic E-state index is 12.0. The second-order valence-corrected chi connectivity index (χ2v) is 4.14. The van der Waals surface area contributed by atoms with Crippen LogP contribution >= 0.6 is 0 Å². The molecule has 21 heavy (non-hydrogen) atoms. The summed E-state index contributed by atoms with van der Waals surface area (Å²) in [6.45, 7) is 1.52. The van der Waals surface area contributed by atoms with Gasteiger partial charge in [-0.1, -0.05) is 12.1 Å². The lowest BCUT2D eigenvalue weighted by atomic mass is 10.2. The molecule has 0 saturated heterocycles. The number of carbonyl (C=O) groups is 1. The van der Waals surface area contributed by atoms with Crippen molar-refractivity contribution in [2.24, 2.45) is 0 Å². The number of aliphatic hydroxyl groups excluding tert-OH is 1. The van der Waals surface area contributed by atoms with Gasteiger partial charge in [0, 0.05) is 6.08 Å². The standard InChI is InChI=1S/C14H16F3NO3/c1-2-21-11-6-3-10(4-7-11)5-8-13(20)18-9-12(19)14(15,16)17/h3-8,12,19H,2,9H2,1H3,(H,18,20)/b8-5+. The molecule has 0 radical (unpaired) electrons. The molecule has 1 aromatic carbocycles. The fourth-order valence-electron chi connectivity index (χ4n) is 1.39. The Balaban J connectivity index is 2.47. The molecule has 0 fully saturated rings. The van der Waals surface area contributed by atoms with E-state index in [4.69, 9.17) is 9.84 Å². The Hall–Kier alpha value is -2.02. The van der Waals surface area contributed by atoms with Crippen LogP contribution in [0.15, 0.2) is 30.3 Å². The van der Waals surface area contributed by atoms with E-state index >= 15 is 0 Å². The van der Waals surface area contributed by atoms with Crippen LogP contribution < -0.4 is 10.1 Å². The Morgan fingerprint density at radius 1 is 1.38 bits per heavy atom. The third kappa shape index (κ3) is 6.31. The number of carbonyl (C=O) groups excluding carboxylic acids is 1. The summed E-state index contributed by atoms with van der Waals surface area (Å²) in [7, 11) is 0. The number of benzene rings is 1. The molecule has 0 bridgehead atoms. The van der Waals surface area contributed by atoms with Crippen LogP contribution in [0.25, 0.3) is 6.08 Å². The summed E-state index contributed by atoms with van der Waals surface area (Å²) in [5.41, 5.74) is 0.699. The van der Waals surface area contributed by atoms with Crippen molar-refractivity contribution >= 4 is 12.0 Å². The van der Waals surface area contributed by atoms with Crippen molar-refractivity contribution in [2.45, 2.75) is 19.2 Å². The first kappa shape index (κ1) is 17.0. The van der Waals surface area contributed by atoms with Crippen molar-refractivity contribution in [3.05, 3.63) is 35.9 Å². The zero-order valence-corrected chi connectivity index (χ0v) is 11.4. The number of hydrogen-bond donors (Lipinski definition) is 2. The summed E-state index contributed by atoms with van der Waals surface area (Å²) in [6, 6.07) is 6.85. The highest BCUT2D eigenvalue weighted by atomic mass is 19.4. The van der Waals surface area contributed by atoms with Crippen LogP contribution in [-0.4, -0.2) is 36.4 Å². The molecular weight excluding hydrogens is 287 g/mol. The molecule has 1 unspecified atom stereocenters. The third-order valence-corrected chi connectivity index (χ3v) is 2.47. The molecule has 0 aromatic heterocycles. The number of alkyl halides is 3. The molecule has 0 heterocycles. The summed E-state index contributed by atoms with van der Waals surface area (Å²) in [6.07, 6.45) is -4.77. The van der Waals surface area contributed by atoms with Crippen LogP contribution in [0.1, 0.15) is 12.5 Å². The van der Waals surface area contributed by atoms with E-state index in [0.29, 0.717) is 17.9 Å². The van der Waals surface area contributed by atoms with Gasteiger partial charge in [-0.05, 0) is 30.7 Å². The van der Waals surface area contributed by atoms with Crippen LogP contribution in [0.5, 0.6) is 5.75 Å². The second kappa shape index (κ2) is 7.68. The van der Waals surface area contributed by atoms with Crippen molar-refractivity contribution in [2.75, 3.05) is 13.2 Å². The zero-order valence-electron chi connectivity index (χ0n) is 11.4. The number of amides is 1.